The number of hydrogen-bond acceptors (Lipinski definition) is 7. The summed E-state index contributed by atoms with van der Waals surface area (Å²) >= 11 is 0. The number of carbonyl (C=O) groups is 1. The van der Waals surface area contributed by atoms with Crippen LogP contribution < -0.4 is 9.46 Å². The minimum Gasteiger partial charge on any atom is -0.495 e. The van der Waals surface area contributed by atoms with E-state index in [0.29, 0.717) is 17.3 Å². The van der Waals surface area contributed by atoms with E-state index in [2.05, 4.69) is 9.71 Å². The molecule has 2 aromatic carbocycles. The van der Waals surface area contributed by atoms with Crippen molar-refractivity contribution in [3.05, 3.63) is 65.5 Å². The largest absolute Gasteiger partial charge is 0.495 e. The summed E-state index contributed by atoms with van der Waals surface area (Å²) in [6, 6.07) is 13.5. The number of hydrogen-bond donors (Lipinski definition) is 1. The highest BCUT2D eigenvalue weighted by atomic mass is 32.2. The molecule has 0 unspecified atom stereocenters. The van der Waals surface area contributed by atoms with Crippen LogP contribution in [-0.4, -0.2) is 32.0 Å². The average molecular weight is 459 g/mol. The van der Waals surface area contributed by atoms with Crippen molar-refractivity contribution >= 4 is 16.0 Å². The van der Waals surface area contributed by atoms with E-state index in [1.54, 1.807) is 27.7 Å². The van der Waals surface area contributed by atoms with Gasteiger partial charge in [-0.05, 0) is 58.0 Å². The lowest BCUT2D eigenvalue weighted by Gasteiger charge is -2.21. The molecule has 3 rings (SSSR count). The van der Waals surface area contributed by atoms with Crippen molar-refractivity contribution in [2.24, 2.45) is 0 Å². The smallest absolute Gasteiger partial charge is 0.338 e. The van der Waals surface area contributed by atoms with E-state index in [1.165, 1.54) is 25.3 Å². The van der Waals surface area contributed by atoms with Gasteiger partial charge in [-0.3, -0.25) is 0 Å². The second-order valence-electron chi connectivity index (χ2n) is 8.19. The van der Waals surface area contributed by atoms with E-state index in [9.17, 15) is 13.2 Å². The topological polar surface area (TPSA) is 108 Å². The molecule has 0 radical (unpaired) electrons. The fourth-order valence-corrected chi connectivity index (χ4v) is 4.57. The van der Waals surface area contributed by atoms with Gasteiger partial charge in [0.1, 0.15) is 28.7 Å². The maximum absolute atomic E-state index is 12.8. The molecule has 1 N–H and O–H groups in total. The highest BCUT2D eigenvalue weighted by Gasteiger charge is 2.27. The first kappa shape index (κ1) is 23.5. The lowest BCUT2D eigenvalue weighted by Crippen LogP contribution is -2.40. The Morgan fingerprint density at radius 1 is 1.12 bits per heavy atom. The lowest BCUT2D eigenvalue weighted by molar-refractivity contribution is 0.0466. The third kappa shape index (κ3) is 5.54. The van der Waals surface area contributed by atoms with E-state index in [4.69, 9.17) is 13.9 Å². The Labute approximate surface area is 187 Å². The second kappa shape index (κ2) is 9.13. The number of nitrogens with zero attached hydrogens (tertiary/aromatic N) is 1. The maximum atomic E-state index is 12.8. The van der Waals surface area contributed by atoms with Crippen LogP contribution in [0, 0.1) is 6.92 Å². The number of esters is 1. The van der Waals surface area contributed by atoms with Gasteiger partial charge < -0.3 is 13.9 Å². The molecule has 0 aliphatic rings. The Hall–Kier alpha value is -3.17. The average Bonchev–Trinajstić information content (AvgIpc) is 3.11. The third-order valence-corrected chi connectivity index (χ3v) is 6.16. The molecule has 9 heteroatoms. The van der Waals surface area contributed by atoms with Crippen molar-refractivity contribution < 1.29 is 27.1 Å². The molecule has 32 heavy (non-hydrogen) atoms. The summed E-state index contributed by atoms with van der Waals surface area (Å²) in [5.41, 5.74) is 0.656. The van der Waals surface area contributed by atoms with E-state index >= 15 is 0 Å². The molecular formula is C23H26N2O6S. The normalized spacial score (nSPS) is 11.9. The number of rotatable bonds is 7. The van der Waals surface area contributed by atoms with Gasteiger partial charge in [0, 0.05) is 11.1 Å². The van der Waals surface area contributed by atoms with Crippen LogP contribution in [0.15, 0.2) is 57.8 Å². The number of aryl methyl sites for hydroxylation is 1. The van der Waals surface area contributed by atoms with Crippen LogP contribution in [0.2, 0.25) is 0 Å². The third-order valence-electron chi connectivity index (χ3n) is 4.38. The maximum Gasteiger partial charge on any atom is 0.338 e. The fourth-order valence-electron chi connectivity index (χ4n) is 2.96. The van der Waals surface area contributed by atoms with Crippen LogP contribution in [0.5, 0.6) is 5.75 Å². The quantitative estimate of drug-likeness (QED) is 0.531. The summed E-state index contributed by atoms with van der Waals surface area (Å²) in [5, 5.41) is 0. The molecule has 0 saturated carbocycles. The molecule has 0 bridgehead atoms. The number of sulfonamides is 1. The van der Waals surface area contributed by atoms with Gasteiger partial charge in [-0.2, -0.15) is 0 Å². The highest BCUT2D eigenvalue weighted by molar-refractivity contribution is 7.89. The molecule has 0 amide bonds. The van der Waals surface area contributed by atoms with E-state index in [0.717, 1.165) is 5.56 Å². The van der Waals surface area contributed by atoms with Crippen molar-refractivity contribution in [1.82, 2.24) is 9.71 Å². The minimum atomic E-state index is -3.93. The Morgan fingerprint density at radius 2 is 1.81 bits per heavy atom. The molecule has 0 aliphatic carbocycles. The van der Waals surface area contributed by atoms with Crippen molar-refractivity contribution in [3.8, 4) is 17.2 Å². The van der Waals surface area contributed by atoms with Crippen LogP contribution in [0.25, 0.3) is 11.5 Å². The number of aromatic nitrogens is 1. The van der Waals surface area contributed by atoms with Gasteiger partial charge in [0.05, 0.1) is 12.7 Å². The zero-order chi connectivity index (χ0) is 23.5. The van der Waals surface area contributed by atoms with Crippen molar-refractivity contribution in [3.63, 3.8) is 0 Å². The molecular weight excluding hydrogens is 432 g/mol. The summed E-state index contributed by atoms with van der Waals surface area (Å²) in [5.74, 6) is 0.394. The minimum absolute atomic E-state index is 0.0736. The fraction of sp³-hybridized carbons (Fsp3) is 0.304. The zero-order valence-corrected chi connectivity index (χ0v) is 19.4. The van der Waals surface area contributed by atoms with E-state index in [1.807, 2.05) is 30.3 Å². The van der Waals surface area contributed by atoms with Crippen LogP contribution in [-0.2, 0) is 21.4 Å². The summed E-state index contributed by atoms with van der Waals surface area (Å²) in [6.45, 7) is 6.78. The predicted octanol–water partition coefficient (Wildman–Crippen LogP) is 4.09. The van der Waals surface area contributed by atoms with Crippen LogP contribution >= 0.6 is 0 Å². The van der Waals surface area contributed by atoms with Crippen molar-refractivity contribution in [2.75, 3.05) is 7.11 Å². The van der Waals surface area contributed by atoms with Gasteiger partial charge in [-0.25, -0.2) is 22.9 Å². The standard InChI is InChI=1S/C23H26N2O6S/c1-15-18(24-21(31-15)16-9-7-6-8-10-16)14-30-22(26)17-11-12-19(29-5)20(13-17)32(27,28)25-23(2,3)4/h6-13,25H,14H2,1-5H3. The van der Waals surface area contributed by atoms with Crippen LogP contribution in [0.1, 0.15) is 42.6 Å². The Bertz CT molecular complexity index is 1210. The molecule has 3 aromatic rings. The lowest BCUT2D eigenvalue weighted by atomic mass is 10.1. The Kier molecular flexibility index (Phi) is 6.71. The second-order valence-corrected chi connectivity index (χ2v) is 9.84. The van der Waals surface area contributed by atoms with Gasteiger partial charge in [-0.15, -0.1) is 0 Å². The van der Waals surface area contributed by atoms with Crippen molar-refractivity contribution in [2.45, 2.75) is 44.7 Å². The number of nitrogens with one attached hydrogen (secondary N) is 1. The predicted molar refractivity (Wildman–Crippen MR) is 119 cm³/mol. The number of carbonyl (C=O) groups excluding carboxylic acids is 1. The number of oxazole rings is 1. The van der Waals surface area contributed by atoms with Gasteiger partial charge in [0.15, 0.2) is 0 Å². The van der Waals surface area contributed by atoms with Crippen LogP contribution in [0.4, 0.5) is 0 Å². The molecule has 0 fully saturated rings. The molecule has 170 valence electrons. The summed E-state index contributed by atoms with van der Waals surface area (Å²) in [7, 11) is -2.57. The Balaban J connectivity index is 1.80. The number of ether oxygens (including phenoxy) is 2. The number of benzene rings is 2. The first-order valence-corrected chi connectivity index (χ1v) is 11.4. The SMILES string of the molecule is COc1ccc(C(=O)OCc2nc(-c3ccccc3)oc2C)cc1S(=O)(=O)NC(C)(C)C. The first-order chi connectivity index (χ1) is 15.0. The summed E-state index contributed by atoms with van der Waals surface area (Å²) in [6.07, 6.45) is 0. The summed E-state index contributed by atoms with van der Waals surface area (Å²) < 4.78 is 44.4. The molecule has 8 nitrogen and oxygen atoms in total. The summed E-state index contributed by atoms with van der Waals surface area (Å²) in [4.78, 5) is 16.9. The zero-order valence-electron chi connectivity index (χ0n) is 18.6. The van der Waals surface area contributed by atoms with E-state index < -0.39 is 21.5 Å². The first-order valence-electron chi connectivity index (χ1n) is 9.91. The monoisotopic (exact) mass is 458 g/mol. The van der Waals surface area contributed by atoms with Gasteiger partial charge in [0.25, 0.3) is 0 Å². The molecule has 1 heterocycles. The Morgan fingerprint density at radius 3 is 2.44 bits per heavy atom. The highest BCUT2D eigenvalue weighted by Crippen LogP contribution is 2.27. The molecule has 1 aromatic heterocycles. The van der Waals surface area contributed by atoms with E-state index in [-0.39, 0.29) is 22.8 Å². The molecule has 0 spiro atoms. The van der Waals surface area contributed by atoms with Gasteiger partial charge in [-0.1, -0.05) is 18.2 Å². The molecule has 0 aliphatic heterocycles. The van der Waals surface area contributed by atoms with Crippen LogP contribution in [0.3, 0.4) is 0 Å². The van der Waals surface area contributed by atoms with Gasteiger partial charge >= 0.3 is 5.97 Å². The van der Waals surface area contributed by atoms with Crippen molar-refractivity contribution in [1.29, 1.82) is 0 Å². The molecule has 0 saturated heterocycles. The number of methoxy groups -OCH3 is 1. The van der Waals surface area contributed by atoms with Gasteiger partial charge in [0.2, 0.25) is 15.9 Å². The molecule has 0 atom stereocenters.